The minimum atomic E-state index is -1.70. The Labute approximate surface area is 142 Å². The van der Waals surface area contributed by atoms with Crippen molar-refractivity contribution >= 4 is 14.3 Å². The molecule has 4 heteroatoms. The van der Waals surface area contributed by atoms with E-state index >= 15 is 0 Å². The molecule has 0 unspecified atom stereocenters. The molecule has 0 saturated carbocycles. The molecule has 1 aromatic rings. The van der Waals surface area contributed by atoms with E-state index in [0.29, 0.717) is 6.42 Å². The zero-order valence-electron chi connectivity index (χ0n) is 15.2. The summed E-state index contributed by atoms with van der Waals surface area (Å²) in [6.07, 6.45) is 8.74. The van der Waals surface area contributed by atoms with Gasteiger partial charge >= 0.3 is 0 Å². The lowest BCUT2D eigenvalue weighted by Gasteiger charge is -2.17. The van der Waals surface area contributed by atoms with E-state index in [1.807, 2.05) is 31.8 Å². The Hall–Kier alpha value is -1.29. The maximum absolute atomic E-state index is 11.6. The lowest BCUT2D eigenvalue weighted by atomic mass is 10.0. The summed E-state index contributed by atoms with van der Waals surface area (Å²) in [7, 11) is -0.00798. The van der Waals surface area contributed by atoms with Crippen molar-refractivity contribution in [3.05, 3.63) is 29.8 Å². The summed E-state index contributed by atoms with van der Waals surface area (Å²) in [6, 6.07) is 8.33. The van der Waals surface area contributed by atoms with Gasteiger partial charge in [0, 0.05) is 6.42 Å². The van der Waals surface area contributed by atoms with E-state index in [2.05, 4.69) is 12.1 Å². The van der Waals surface area contributed by atoms with Crippen molar-refractivity contribution in [2.24, 2.45) is 0 Å². The third kappa shape index (κ3) is 10.2. The van der Waals surface area contributed by atoms with Crippen LogP contribution in [0.15, 0.2) is 24.3 Å². The smallest absolute Gasteiger partial charge is 0.292 e. The molecule has 0 amide bonds. The van der Waals surface area contributed by atoms with Gasteiger partial charge in [0.25, 0.3) is 5.97 Å². The fourth-order valence-corrected chi connectivity index (χ4v) is 3.28. The van der Waals surface area contributed by atoms with Crippen LogP contribution in [-0.2, 0) is 15.6 Å². The SMILES string of the molecule is COc1ccc(CCCCCCCCC(=O)O[Si](C)(C)C)cc1. The van der Waals surface area contributed by atoms with Crippen LogP contribution in [0.25, 0.3) is 0 Å². The van der Waals surface area contributed by atoms with E-state index in [4.69, 9.17) is 9.16 Å². The Morgan fingerprint density at radius 1 is 0.913 bits per heavy atom. The summed E-state index contributed by atoms with van der Waals surface area (Å²) in [5, 5.41) is 0. The lowest BCUT2D eigenvalue weighted by molar-refractivity contribution is -0.135. The first-order chi connectivity index (χ1) is 10.9. The zero-order valence-corrected chi connectivity index (χ0v) is 16.2. The van der Waals surface area contributed by atoms with Crippen LogP contribution in [0, 0.1) is 0 Å². The van der Waals surface area contributed by atoms with E-state index in [0.717, 1.165) is 25.0 Å². The van der Waals surface area contributed by atoms with Gasteiger partial charge in [-0.3, -0.25) is 4.79 Å². The fourth-order valence-electron chi connectivity index (χ4n) is 2.49. The monoisotopic (exact) mass is 336 g/mol. The highest BCUT2D eigenvalue weighted by Gasteiger charge is 2.19. The van der Waals surface area contributed by atoms with Crippen LogP contribution in [0.1, 0.15) is 50.5 Å². The van der Waals surface area contributed by atoms with Crippen LogP contribution >= 0.6 is 0 Å². The number of ether oxygens (including phenoxy) is 1. The summed E-state index contributed by atoms with van der Waals surface area (Å²) in [5.41, 5.74) is 1.37. The molecular formula is C19H32O3Si. The van der Waals surface area contributed by atoms with Crippen molar-refractivity contribution < 1.29 is 14.0 Å². The maximum atomic E-state index is 11.6. The summed E-state index contributed by atoms with van der Waals surface area (Å²) >= 11 is 0. The normalized spacial score (nSPS) is 11.3. The fraction of sp³-hybridized carbons (Fsp3) is 0.632. The van der Waals surface area contributed by atoms with Gasteiger partial charge in [-0.25, -0.2) is 0 Å². The van der Waals surface area contributed by atoms with E-state index in [1.54, 1.807) is 7.11 Å². The quantitative estimate of drug-likeness (QED) is 0.404. The van der Waals surface area contributed by atoms with Gasteiger partial charge < -0.3 is 9.16 Å². The molecule has 0 aliphatic carbocycles. The first kappa shape index (κ1) is 19.8. The topological polar surface area (TPSA) is 35.5 Å². The molecule has 1 aromatic carbocycles. The van der Waals surface area contributed by atoms with Crippen molar-refractivity contribution in [2.45, 2.75) is 71.0 Å². The average Bonchev–Trinajstić information content (AvgIpc) is 2.48. The van der Waals surface area contributed by atoms with Gasteiger partial charge in [0.05, 0.1) is 7.11 Å². The second kappa shape index (κ2) is 10.5. The van der Waals surface area contributed by atoms with Crippen molar-refractivity contribution in [1.29, 1.82) is 0 Å². The van der Waals surface area contributed by atoms with Crippen LogP contribution in [0.5, 0.6) is 5.75 Å². The molecule has 0 aliphatic heterocycles. The minimum Gasteiger partial charge on any atom is -0.520 e. The average molecular weight is 337 g/mol. The van der Waals surface area contributed by atoms with Gasteiger partial charge in [0.2, 0.25) is 8.32 Å². The first-order valence-electron chi connectivity index (χ1n) is 8.75. The molecule has 0 atom stereocenters. The van der Waals surface area contributed by atoms with Crippen LogP contribution in [0.2, 0.25) is 19.6 Å². The highest BCUT2D eigenvalue weighted by atomic mass is 28.4. The molecule has 3 nitrogen and oxygen atoms in total. The summed E-state index contributed by atoms with van der Waals surface area (Å²) in [6.45, 7) is 6.15. The van der Waals surface area contributed by atoms with Crippen molar-refractivity contribution in [1.82, 2.24) is 0 Å². The Morgan fingerprint density at radius 3 is 2.04 bits per heavy atom. The number of unbranched alkanes of at least 4 members (excludes halogenated alkanes) is 5. The number of carbonyl (C=O) groups is 1. The Kier molecular flexibility index (Phi) is 9.00. The molecule has 0 bridgehead atoms. The van der Waals surface area contributed by atoms with E-state index in [-0.39, 0.29) is 5.97 Å². The molecule has 0 fully saturated rings. The maximum Gasteiger partial charge on any atom is 0.292 e. The molecule has 0 radical (unpaired) electrons. The number of methoxy groups -OCH3 is 1. The minimum absolute atomic E-state index is 0.0105. The number of hydrogen-bond acceptors (Lipinski definition) is 3. The van der Waals surface area contributed by atoms with Gasteiger partial charge in [0.1, 0.15) is 5.75 Å². The molecule has 0 aromatic heterocycles. The van der Waals surface area contributed by atoms with Crippen molar-refractivity contribution in [3.63, 3.8) is 0 Å². The number of rotatable bonds is 11. The largest absolute Gasteiger partial charge is 0.520 e. The van der Waals surface area contributed by atoms with Crippen molar-refractivity contribution in [3.8, 4) is 5.75 Å². The van der Waals surface area contributed by atoms with E-state index < -0.39 is 8.32 Å². The molecule has 0 heterocycles. The number of benzene rings is 1. The van der Waals surface area contributed by atoms with Crippen LogP contribution in [-0.4, -0.2) is 21.4 Å². The van der Waals surface area contributed by atoms with Gasteiger partial charge in [-0.1, -0.05) is 37.8 Å². The molecule has 0 N–H and O–H groups in total. The number of hydrogen-bond donors (Lipinski definition) is 0. The van der Waals surface area contributed by atoms with Gasteiger partial charge in [-0.15, -0.1) is 0 Å². The molecule has 0 aliphatic rings. The first-order valence-corrected chi connectivity index (χ1v) is 12.2. The molecule has 0 spiro atoms. The Morgan fingerprint density at radius 2 is 1.48 bits per heavy atom. The highest BCUT2D eigenvalue weighted by molar-refractivity contribution is 6.71. The van der Waals surface area contributed by atoms with Crippen LogP contribution in [0.3, 0.4) is 0 Å². The second-order valence-corrected chi connectivity index (χ2v) is 11.5. The molecule has 1 rings (SSSR count). The molecule has 0 saturated heterocycles. The highest BCUT2D eigenvalue weighted by Crippen LogP contribution is 2.15. The number of aryl methyl sites for hydroxylation is 1. The van der Waals surface area contributed by atoms with Gasteiger partial charge in [-0.05, 0) is 56.6 Å². The van der Waals surface area contributed by atoms with Crippen molar-refractivity contribution in [2.75, 3.05) is 7.11 Å². The predicted octanol–water partition coefficient (Wildman–Crippen LogP) is 5.35. The lowest BCUT2D eigenvalue weighted by Crippen LogP contribution is -2.28. The Bertz CT molecular complexity index is 449. The van der Waals surface area contributed by atoms with Crippen LogP contribution < -0.4 is 4.74 Å². The van der Waals surface area contributed by atoms with Gasteiger partial charge in [0.15, 0.2) is 0 Å². The zero-order chi connectivity index (χ0) is 17.1. The summed E-state index contributed by atoms with van der Waals surface area (Å²) in [4.78, 5) is 11.6. The second-order valence-electron chi connectivity index (χ2n) is 7.06. The van der Waals surface area contributed by atoms with Crippen LogP contribution in [0.4, 0.5) is 0 Å². The summed E-state index contributed by atoms with van der Waals surface area (Å²) in [5.74, 6) is 0.907. The Balaban J connectivity index is 1.98. The molecule has 23 heavy (non-hydrogen) atoms. The third-order valence-corrected chi connectivity index (χ3v) is 4.52. The molecular weight excluding hydrogens is 304 g/mol. The standard InChI is InChI=1S/C19H32O3Si/c1-21-18-15-13-17(14-16-18)11-9-7-5-6-8-10-12-19(20)22-23(2,3)4/h13-16H,5-12H2,1-4H3. The molecule has 130 valence electrons. The number of carbonyl (C=O) groups excluding carboxylic acids is 1. The van der Waals surface area contributed by atoms with E-state index in [9.17, 15) is 4.79 Å². The summed E-state index contributed by atoms with van der Waals surface area (Å²) < 4.78 is 10.6. The predicted molar refractivity (Wildman–Crippen MR) is 98.5 cm³/mol. The van der Waals surface area contributed by atoms with Gasteiger partial charge in [-0.2, -0.15) is 0 Å². The van der Waals surface area contributed by atoms with E-state index in [1.165, 1.54) is 31.2 Å². The third-order valence-electron chi connectivity index (χ3n) is 3.68.